The number of pyridine rings is 2. The Bertz CT molecular complexity index is 790. The molecule has 2 aromatic rings. The fourth-order valence-corrected chi connectivity index (χ4v) is 2.44. The van der Waals surface area contributed by atoms with Gasteiger partial charge in [-0.15, -0.1) is 0 Å². The number of nitrogens with one attached hydrogen (secondary N) is 1. The summed E-state index contributed by atoms with van der Waals surface area (Å²) in [6.07, 6.45) is 3.74. The second kappa shape index (κ2) is 5.21. The maximum atomic E-state index is 12.4. The fourth-order valence-electron chi connectivity index (χ4n) is 2.44. The zero-order valence-electron chi connectivity index (χ0n) is 11.2. The minimum atomic E-state index is -0.370. The van der Waals surface area contributed by atoms with Gasteiger partial charge in [0.25, 0.3) is 11.5 Å². The molecule has 3 rings (SSSR count). The largest absolute Gasteiger partial charge is 0.334 e. The van der Waals surface area contributed by atoms with Crippen LogP contribution in [0.15, 0.2) is 35.4 Å². The first kappa shape index (κ1) is 13.1. The topological polar surface area (TPSA) is 89.9 Å². The second-order valence-corrected chi connectivity index (χ2v) is 4.84. The first-order valence-corrected chi connectivity index (χ1v) is 6.53. The lowest BCUT2D eigenvalue weighted by Gasteiger charge is -2.28. The van der Waals surface area contributed by atoms with Crippen LogP contribution in [0, 0.1) is 11.3 Å². The van der Waals surface area contributed by atoms with E-state index in [1.54, 1.807) is 35.5 Å². The highest BCUT2D eigenvalue weighted by molar-refractivity contribution is 5.94. The molecular formula is C15H12N4O2. The lowest BCUT2D eigenvalue weighted by molar-refractivity contribution is 0.0733. The SMILES string of the molecule is N#Cc1cc2c([nH]c1=O)CCN(C(=O)c1ccncc1)C2. The Hall–Kier alpha value is -2.94. The molecule has 0 saturated carbocycles. The standard InChI is InChI=1S/C15H12N4O2/c16-8-11-7-12-9-19(6-3-13(12)18-14(11)20)15(21)10-1-4-17-5-2-10/h1-2,4-5,7H,3,6,9H2,(H,18,20). The molecule has 0 aliphatic carbocycles. The van der Waals surface area contributed by atoms with Gasteiger partial charge >= 0.3 is 0 Å². The molecule has 2 aromatic heterocycles. The van der Waals surface area contributed by atoms with E-state index in [1.165, 1.54) is 0 Å². The molecule has 6 nitrogen and oxygen atoms in total. The minimum Gasteiger partial charge on any atom is -0.334 e. The fraction of sp³-hybridized carbons (Fsp3) is 0.200. The number of rotatable bonds is 1. The molecule has 1 aliphatic heterocycles. The predicted molar refractivity (Wildman–Crippen MR) is 74.5 cm³/mol. The molecule has 0 aromatic carbocycles. The highest BCUT2D eigenvalue weighted by Gasteiger charge is 2.23. The quantitative estimate of drug-likeness (QED) is 0.838. The van der Waals surface area contributed by atoms with E-state index < -0.39 is 0 Å². The van der Waals surface area contributed by atoms with Gasteiger partial charge in [0.1, 0.15) is 11.6 Å². The van der Waals surface area contributed by atoms with E-state index in [9.17, 15) is 9.59 Å². The number of aromatic nitrogens is 2. The first-order valence-electron chi connectivity index (χ1n) is 6.53. The van der Waals surface area contributed by atoms with Crippen molar-refractivity contribution in [3.8, 4) is 6.07 Å². The van der Waals surface area contributed by atoms with Gasteiger partial charge in [-0.3, -0.25) is 14.6 Å². The van der Waals surface area contributed by atoms with E-state index >= 15 is 0 Å². The summed E-state index contributed by atoms with van der Waals surface area (Å²) in [5.74, 6) is -0.0762. The van der Waals surface area contributed by atoms with Crippen molar-refractivity contribution in [2.24, 2.45) is 0 Å². The maximum absolute atomic E-state index is 12.4. The van der Waals surface area contributed by atoms with Gasteiger partial charge in [-0.2, -0.15) is 5.26 Å². The van der Waals surface area contributed by atoms with E-state index in [4.69, 9.17) is 5.26 Å². The molecule has 0 atom stereocenters. The van der Waals surface area contributed by atoms with Crippen molar-refractivity contribution in [3.05, 3.63) is 63.3 Å². The normalized spacial score (nSPS) is 13.4. The molecule has 0 radical (unpaired) electrons. The van der Waals surface area contributed by atoms with Crippen LogP contribution in [-0.2, 0) is 13.0 Å². The highest BCUT2D eigenvalue weighted by atomic mass is 16.2. The molecule has 0 fully saturated rings. The smallest absolute Gasteiger partial charge is 0.266 e. The van der Waals surface area contributed by atoms with E-state index in [1.807, 2.05) is 6.07 Å². The Kier molecular flexibility index (Phi) is 3.24. The summed E-state index contributed by atoms with van der Waals surface area (Å²) in [6.45, 7) is 0.929. The summed E-state index contributed by atoms with van der Waals surface area (Å²) in [4.78, 5) is 32.3. The van der Waals surface area contributed by atoms with Gasteiger partial charge in [0.15, 0.2) is 0 Å². The Morgan fingerprint density at radius 3 is 2.86 bits per heavy atom. The van der Waals surface area contributed by atoms with Crippen molar-refractivity contribution in [3.63, 3.8) is 0 Å². The van der Waals surface area contributed by atoms with Crippen LogP contribution in [0.25, 0.3) is 0 Å². The third kappa shape index (κ3) is 2.41. The van der Waals surface area contributed by atoms with Crippen molar-refractivity contribution >= 4 is 5.91 Å². The summed E-state index contributed by atoms with van der Waals surface area (Å²) >= 11 is 0. The molecule has 0 spiro atoms. The Balaban J connectivity index is 1.89. The van der Waals surface area contributed by atoms with Gasteiger partial charge in [-0.1, -0.05) is 0 Å². The minimum absolute atomic E-state index is 0.0759. The Morgan fingerprint density at radius 2 is 2.14 bits per heavy atom. The zero-order chi connectivity index (χ0) is 14.8. The Labute approximate surface area is 120 Å². The number of aromatic amines is 1. The van der Waals surface area contributed by atoms with E-state index in [2.05, 4.69) is 9.97 Å². The van der Waals surface area contributed by atoms with Gasteiger partial charge in [0, 0.05) is 43.2 Å². The number of fused-ring (bicyclic) bond motifs is 1. The van der Waals surface area contributed by atoms with Crippen molar-refractivity contribution in [2.45, 2.75) is 13.0 Å². The second-order valence-electron chi connectivity index (χ2n) is 4.84. The average Bonchev–Trinajstić information content (AvgIpc) is 2.54. The van der Waals surface area contributed by atoms with Crippen molar-refractivity contribution in [1.29, 1.82) is 5.26 Å². The summed E-state index contributed by atoms with van der Waals surface area (Å²) < 4.78 is 0. The summed E-state index contributed by atoms with van der Waals surface area (Å²) in [6, 6.07) is 6.78. The van der Waals surface area contributed by atoms with Crippen LogP contribution < -0.4 is 5.56 Å². The number of hydrogen-bond donors (Lipinski definition) is 1. The van der Waals surface area contributed by atoms with Crippen LogP contribution in [0.1, 0.15) is 27.2 Å². The van der Waals surface area contributed by atoms with E-state index in [0.29, 0.717) is 25.1 Å². The lowest BCUT2D eigenvalue weighted by atomic mass is 10.0. The van der Waals surface area contributed by atoms with Crippen LogP contribution in [0.4, 0.5) is 0 Å². The van der Waals surface area contributed by atoms with Crippen LogP contribution in [0.3, 0.4) is 0 Å². The van der Waals surface area contributed by atoms with Crippen molar-refractivity contribution in [2.75, 3.05) is 6.54 Å². The molecule has 0 bridgehead atoms. The van der Waals surface area contributed by atoms with E-state index in [0.717, 1.165) is 11.3 Å². The third-order valence-corrected chi connectivity index (χ3v) is 3.54. The van der Waals surface area contributed by atoms with Gasteiger partial charge in [-0.05, 0) is 23.8 Å². The number of nitriles is 1. The summed E-state index contributed by atoms with van der Waals surface area (Å²) in [7, 11) is 0. The van der Waals surface area contributed by atoms with Crippen LogP contribution in [-0.4, -0.2) is 27.3 Å². The molecule has 104 valence electrons. The lowest BCUT2D eigenvalue weighted by Crippen LogP contribution is -2.37. The predicted octanol–water partition coefficient (Wildman–Crippen LogP) is 0.840. The molecule has 6 heteroatoms. The number of H-pyrrole nitrogens is 1. The zero-order valence-corrected chi connectivity index (χ0v) is 11.2. The molecule has 3 heterocycles. The van der Waals surface area contributed by atoms with Crippen molar-refractivity contribution in [1.82, 2.24) is 14.9 Å². The number of nitrogens with zero attached hydrogens (tertiary/aromatic N) is 3. The summed E-state index contributed by atoms with van der Waals surface area (Å²) in [5.41, 5.74) is 1.91. The van der Waals surface area contributed by atoms with Crippen LogP contribution in [0.2, 0.25) is 0 Å². The summed E-state index contributed by atoms with van der Waals surface area (Å²) in [5, 5.41) is 8.92. The van der Waals surface area contributed by atoms with Crippen molar-refractivity contribution < 1.29 is 4.79 Å². The molecule has 0 saturated heterocycles. The van der Waals surface area contributed by atoms with E-state index in [-0.39, 0.29) is 17.0 Å². The molecule has 1 amide bonds. The third-order valence-electron chi connectivity index (χ3n) is 3.54. The highest BCUT2D eigenvalue weighted by Crippen LogP contribution is 2.18. The molecule has 1 N–H and O–H groups in total. The molecule has 21 heavy (non-hydrogen) atoms. The molecule has 0 unspecified atom stereocenters. The number of amides is 1. The van der Waals surface area contributed by atoms with Gasteiger partial charge < -0.3 is 9.88 Å². The van der Waals surface area contributed by atoms with Crippen LogP contribution in [0.5, 0.6) is 0 Å². The number of carbonyl (C=O) groups excluding carboxylic acids is 1. The first-order chi connectivity index (χ1) is 10.2. The van der Waals surface area contributed by atoms with Gasteiger partial charge in [-0.25, -0.2) is 0 Å². The number of carbonyl (C=O) groups is 1. The maximum Gasteiger partial charge on any atom is 0.266 e. The van der Waals surface area contributed by atoms with Crippen LogP contribution >= 0.6 is 0 Å². The average molecular weight is 280 g/mol. The Morgan fingerprint density at radius 1 is 1.38 bits per heavy atom. The molecule has 1 aliphatic rings. The van der Waals surface area contributed by atoms with Gasteiger partial charge in [0.05, 0.1) is 0 Å². The van der Waals surface area contributed by atoms with Gasteiger partial charge in [0.2, 0.25) is 0 Å². The molecular weight excluding hydrogens is 268 g/mol. The monoisotopic (exact) mass is 280 g/mol. The number of hydrogen-bond acceptors (Lipinski definition) is 4.